The lowest BCUT2D eigenvalue weighted by atomic mass is 9.75. The predicted octanol–water partition coefficient (Wildman–Crippen LogP) is 3.82. The van der Waals surface area contributed by atoms with E-state index >= 15 is 0 Å². The Morgan fingerprint density at radius 2 is 0.838 bits per heavy atom. The van der Waals surface area contributed by atoms with E-state index in [2.05, 4.69) is 0 Å². The van der Waals surface area contributed by atoms with Crippen molar-refractivity contribution in [2.75, 3.05) is 42.4 Å². The molecule has 6 aliphatic heterocycles. The van der Waals surface area contributed by atoms with E-state index in [1.165, 1.54) is 28.1 Å². The van der Waals surface area contributed by atoms with Gasteiger partial charge in [0.25, 0.3) is 0 Å². The van der Waals surface area contributed by atoms with E-state index in [1.54, 1.807) is 90.0 Å². The molecule has 6 aliphatic rings. The van der Waals surface area contributed by atoms with Gasteiger partial charge in [0, 0.05) is 81.1 Å². The molecule has 0 amide bonds. The van der Waals surface area contributed by atoms with Crippen molar-refractivity contribution in [2.45, 2.75) is 346 Å². The van der Waals surface area contributed by atoms with E-state index < -0.39 is 204 Å². The maximum atomic E-state index is 13.9. The number of carbonyl (C=O) groups is 4. The predicted molar refractivity (Wildman–Crippen MR) is 362 cm³/mol. The lowest BCUT2D eigenvalue weighted by Crippen LogP contribution is -2.60. The molecule has 27 nitrogen and oxygen atoms in total. The second-order valence-electron chi connectivity index (χ2n) is 31.6. The monoisotopic (exact) mass is 1420 g/mol. The highest BCUT2D eigenvalue weighted by Crippen LogP contribution is 2.43. The van der Waals surface area contributed by atoms with Crippen LogP contribution >= 0.6 is 0 Å². The molecule has 9 N–H and O–H groups in total. The number of nitrogens with zero attached hydrogens (tertiary/aromatic N) is 2. The van der Waals surface area contributed by atoms with Crippen LogP contribution in [0.5, 0.6) is 0 Å². The lowest BCUT2D eigenvalue weighted by molar-refractivity contribution is -0.318. The molecule has 27 heteroatoms. The molecule has 0 aromatic carbocycles. The number of Topliss-reactive ketones (excluding diaryl/α,β-unsaturated/α-hetero) is 2. The summed E-state index contributed by atoms with van der Waals surface area (Å²) in [6, 6.07) is -0.614. The summed E-state index contributed by atoms with van der Waals surface area (Å²) in [5.41, 5.74) is -5.55. The SMILES string of the molecule is CCC1CC(O)C(C)C(=O)C(C)CC(C)(O)C(OC2OC(C)CC(N(C)C)C2O)C(C)C(OC2CC(C)(OC)C(O)C(C)O2)C(C)C(=O)O1.CCC1OC(=O)C(C)C(OC2CC(C)(OC)C(O)C(C)O2)C(C)C(OC2OC(C)CC(N(C)C)C2O)C(C)(O)CC(C)C(=O)C(C)C(O)C1O. The van der Waals surface area contributed by atoms with E-state index in [0.29, 0.717) is 19.3 Å². The Morgan fingerprint density at radius 3 is 1.19 bits per heavy atom. The van der Waals surface area contributed by atoms with Gasteiger partial charge >= 0.3 is 11.9 Å². The molecule has 99 heavy (non-hydrogen) atoms. The molecule has 0 bridgehead atoms. The number of methoxy groups -OCH3 is 2. The molecule has 35 unspecified atom stereocenters. The molecule has 0 saturated carbocycles. The third-order valence-corrected chi connectivity index (χ3v) is 22.7. The zero-order valence-corrected chi connectivity index (χ0v) is 63.7. The van der Waals surface area contributed by atoms with Crippen molar-refractivity contribution in [1.29, 1.82) is 0 Å². The highest BCUT2D eigenvalue weighted by Gasteiger charge is 2.55. The Morgan fingerprint density at radius 1 is 0.465 bits per heavy atom. The number of hydrogen-bond acceptors (Lipinski definition) is 27. The first-order valence-electron chi connectivity index (χ1n) is 36.1. The van der Waals surface area contributed by atoms with Gasteiger partial charge in [-0.1, -0.05) is 55.4 Å². The minimum absolute atomic E-state index is 0.0406. The second kappa shape index (κ2) is 36.2. The first-order valence-corrected chi connectivity index (χ1v) is 36.1. The molecule has 0 spiro atoms. The van der Waals surface area contributed by atoms with E-state index in [1.807, 2.05) is 58.8 Å². The van der Waals surface area contributed by atoms with Crippen molar-refractivity contribution in [1.82, 2.24) is 9.80 Å². The van der Waals surface area contributed by atoms with Crippen molar-refractivity contribution < 1.29 is 122 Å². The molecule has 6 saturated heterocycles. The summed E-state index contributed by atoms with van der Waals surface area (Å²) in [5, 5.41) is 102. The topological polar surface area (TPSA) is 368 Å². The van der Waals surface area contributed by atoms with E-state index in [9.17, 15) is 65.1 Å². The van der Waals surface area contributed by atoms with Gasteiger partial charge in [-0.25, -0.2) is 0 Å². The Kier molecular flexibility index (Phi) is 31.8. The zero-order chi connectivity index (χ0) is 75.2. The Balaban J connectivity index is 0.000000357. The highest BCUT2D eigenvalue weighted by atomic mass is 16.7. The lowest BCUT2D eigenvalue weighted by Gasteiger charge is -2.49. The number of ketones is 2. The average Bonchev–Trinajstić information content (AvgIpc) is 0.800. The quantitative estimate of drug-likeness (QED) is 0.112. The van der Waals surface area contributed by atoms with Crippen LogP contribution < -0.4 is 0 Å². The largest absolute Gasteiger partial charge is 0.462 e. The molecule has 35 atom stereocenters. The molecule has 0 aromatic rings. The van der Waals surface area contributed by atoms with Crippen LogP contribution in [-0.4, -0.2) is 285 Å². The van der Waals surface area contributed by atoms with E-state index in [0.717, 1.165) is 0 Å². The van der Waals surface area contributed by atoms with Gasteiger partial charge in [0.15, 0.2) is 25.2 Å². The fourth-order valence-electron chi connectivity index (χ4n) is 16.0. The molecule has 578 valence electrons. The van der Waals surface area contributed by atoms with Gasteiger partial charge in [-0.05, 0) is 136 Å². The summed E-state index contributed by atoms with van der Waals surface area (Å²) in [6.07, 6.45) is -18.8. The Hall–Kier alpha value is -2.56. The van der Waals surface area contributed by atoms with Crippen LogP contribution in [0, 0.1) is 47.3 Å². The van der Waals surface area contributed by atoms with Crippen LogP contribution in [-0.2, 0) is 76.0 Å². The normalized spacial score (nSPS) is 48.6. The second-order valence-corrected chi connectivity index (χ2v) is 31.6. The molecular formula is C72H130N2O25. The number of hydrogen-bond donors (Lipinski definition) is 9. The van der Waals surface area contributed by atoms with E-state index in [4.69, 9.17) is 56.8 Å². The fourth-order valence-corrected chi connectivity index (χ4v) is 16.0. The average molecular weight is 1420 g/mol. The third-order valence-electron chi connectivity index (χ3n) is 22.7. The molecular weight excluding hydrogens is 1290 g/mol. The smallest absolute Gasteiger partial charge is 0.311 e. The number of aliphatic hydroxyl groups is 9. The fraction of sp³-hybridized carbons (Fsp3) is 0.944. The van der Waals surface area contributed by atoms with Crippen LogP contribution in [0.1, 0.15) is 182 Å². The Labute approximate surface area is 588 Å². The Bertz CT molecular complexity index is 2550. The van der Waals surface area contributed by atoms with Crippen LogP contribution in [0.25, 0.3) is 0 Å². The van der Waals surface area contributed by atoms with Crippen LogP contribution in [0.2, 0.25) is 0 Å². The third kappa shape index (κ3) is 20.9. The molecule has 0 aliphatic carbocycles. The molecule has 6 fully saturated rings. The standard InChI is InChI=1S/C36H65NO13.C36H65NO12/c1-13-24-29(41)27(39)19(4)26(38)17(2)15-35(8,44)32(50-34-28(40)23(37(10)11)14-18(3)46-34)20(5)30(21(6)33(43)48-24)49-25-16-36(9,45-12)31(42)22(7)47-25;1-13-24-15-26(38)20(4)28(39)18(2)16-35(8,43)32(49-34-29(40)25(37(10)11)14-19(3)45-34)21(5)30(22(6)33(42)47-24)48-27-17-36(9,44-12)31(41)23(7)46-27/h17-25,27-32,34,39-42,44H,13-16H2,1-12H3;18-27,29-32,34,38,40-41,43H,13-17H2,1-12H3. The summed E-state index contributed by atoms with van der Waals surface area (Å²) in [5.74, 6) is -8.86. The first-order chi connectivity index (χ1) is 45.8. The van der Waals surface area contributed by atoms with Gasteiger partial charge in [-0.3, -0.25) is 19.2 Å². The number of ether oxygens (including phenoxy) is 12. The van der Waals surface area contributed by atoms with Crippen molar-refractivity contribution in [3.63, 3.8) is 0 Å². The number of esters is 2. The van der Waals surface area contributed by atoms with Gasteiger partial charge in [0.2, 0.25) is 0 Å². The number of aliphatic hydroxyl groups excluding tert-OH is 7. The van der Waals surface area contributed by atoms with E-state index in [-0.39, 0.29) is 68.6 Å². The molecule has 6 heterocycles. The zero-order valence-electron chi connectivity index (χ0n) is 63.7. The summed E-state index contributed by atoms with van der Waals surface area (Å²) in [6.45, 7) is 30.6. The van der Waals surface area contributed by atoms with Crippen molar-refractivity contribution >= 4 is 23.5 Å². The van der Waals surface area contributed by atoms with Crippen LogP contribution in [0.3, 0.4) is 0 Å². The van der Waals surface area contributed by atoms with Crippen LogP contribution in [0.15, 0.2) is 0 Å². The van der Waals surface area contributed by atoms with Crippen molar-refractivity contribution in [2.24, 2.45) is 47.3 Å². The summed E-state index contributed by atoms with van der Waals surface area (Å²) < 4.78 is 74.0. The molecule has 6 rings (SSSR count). The summed E-state index contributed by atoms with van der Waals surface area (Å²) in [4.78, 5) is 58.9. The number of rotatable bonds is 14. The minimum Gasteiger partial charge on any atom is -0.462 e. The van der Waals surface area contributed by atoms with Crippen molar-refractivity contribution in [3.8, 4) is 0 Å². The molecule has 0 radical (unpaired) electrons. The highest BCUT2D eigenvalue weighted by molar-refractivity contribution is 5.84. The number of likely N-dealkylation sites (N-methyl/N-ethyl adjacent to an activating group) is 2. The number of cyclic esters (lactones) is 2. The first kappa shape index (κ1) is 87.1. The van der Waals surface area contributed by atoms with Crippen LogP contribution in [0.4, 0.5) is 0 Å². The number of carbonyl (C=O) groups excluding carboxylic acids is 4. The summed E-state index contributed by atoms with van der Waals surface area (Å²) >= 11 is 0. The van der Waals surface area contributed by atoms with Gasteiger partial charge in [0.05, 0.1) is 95.3 Å². The maximum Gasteiger partial charge on any atom is 0.311 e. The van der Waals surface area contributed by atoms with Gasteiger partial charge in [-0.2, -0.15) is 0 Å². The van der Waals surface area contributed by atoms with Crippen molar-refractivity contribution in [3.05, 3.63) is 0 Å². The van der Waals surface area contributed by atoms with Gasteiger partial charge < -0.3 is 113 Å². The summed E-state index contributed by atoms with van der Waals surface area (Å²) in [7, 11) is 10.4. The molecule has 0 aromatic heterocycles. The maximum absolute atomic E-state index is 13.9. The van der Waals surface area contributed by atoms with Gasteiger partial charge in [0.1, 0.15) is 54.3 Å². The van der Waals surface area contributed by atoms with Gasteiger partial charge in [-0.15, -0.1) is 0 Å². The minimum atomic E-state index is -1.78.